The molecule has 0 aliphatic carbocycles. The first-order valence-electron chi connectivity index (χ1n) is 7.68. The van der Waals surface area contributed by atoms with E-state index in [0.717, 1.165) is 24.3 Å². The van der Waals surface area contributed by atoms with Gasteiger partial charge < -0.3 is 5.32 Å². The molecule has 1 saturated heterocycles. The first-order valence-corrected chi connectivity index (χ1v) is 9.50. The first-order chi connectivity index (χ1) is 12.3. The Labute approximate surface area is 154 Å². The van der Waals surface area contributed by atoms with Crippen molar-refractivity contribution < 1.29 is 22.4 Å². The highest BCUT2D eigenvalue weighted by Crippen LogP contribution is 2.28. The number of rotatable bonds is 4. The summed E-state index contributed by atoms with van der Waals surface area (Å²) in [5.41, 5.74) is 0.390. The third-order valence-electron chi connectivity index (χ3n) is 3.93. The number of carbonyl (C=O) groups is 2. The van der Waals surface area contributed by atoms with E-state index >= 15 is 0 Å². The molecular weight excluding hydrogens is 383 g/mol. The summed E-state index contributed by atoms with van der Waals surface area (Å²) in [5.74, 6) is -1.92. The fourth-order valence-electron chi connectivity index (χ4n) is 2.71. The van der Waals surface area contributed by atoms with Gasteiger partial charge in [0.15, 0.2) is 0 Å². The Kier molecular flexibility index (Phi) is 4.97. The standard InChI is InChI=1S/C17H14ClFN2O4S/c18-11-2-1-3-13(10-11)20-17(23)15-8-9-16(22)21(15)26(24,25)14-6-4-12(19)5-7-14/h1-7,10,15H,8-9H2,(H,20,23). The third-order valence-corrected chi connectivity index (χ3v) is 6.00. The number of hydrogen-bond acceptors (Lipinski definition) is 4. The molecule has 1 unspecified atom stereocenters. The van der Waals surface area contributed by atoms with Gasteiger partial charge in [-0.25, -0.2) is 17.1 Å². The third kappa shape index (κ3) is 3.56. The van der Waals surface area contributed by atoms with Crippen LogP contribution < -0.4 is 5.32 Å². The van der Waals surface area contributed by atoms with Crippen LogP contribution in [0.4, 0.5) is 10.1 Å². The van der Waals surface area contributed by atoms with Crippen molar-refractivity contribution in [3.05, 3.63) is 59.4 Å². The summed E-state index contributed by atoms with van der Waals surface area (Å²) in [6.07, 6.45) is -0.0142. The molecule has 1 fully saturated rings. The van der Waals surface area contributed by atoms with Gasteiger partial charge in [0, 0.05) is 17.1 Å². The molecule has 1 atom stereocenters. The Bertz CT molecular complexity index is 963. The van der Waals surface area contributed by atoms with E-state index in [-0.39, 0.29) is 17.7 Å². The molecule has 0 radical (unpaired) electrons. The molecule has 3 rings (SSSR count). The zero-order valence-corrected chi connectivity index (χ0v) is 14.9. The lowest BCUT2D eigenvalue weighted by molar-refractivity contribution is -0.128. The summed E-state index contributed by atoms with van der Waals surface area (Å²) in [5, 5.41) is 2.97. The lowest BCUT2D eigenvalue weighted by Crippen LogP contribution is -2.45. The quantitative estimate of drug-likeness (QED) is 0.861. The normalized spacial score (nSPS) is 17.4. The van der Waals surface area contributed by atoms with Crippen LogP contribution in [0.15, 0.2) is 53.4 Å². The Morgan fingerprint density at radius 1 is 1.19 bits per heavy atom. The van der Waals surface area contributed by atoms with Gasteiger partial charge in [-0.15, -0.1) is 0 Å². The van der Waals surface area contributed by atoms with Crippen LogP contribution in [0.3, 0.4) is 0 Å². The second-order valence-electron chi connectivity index (χ2n) is 5.70. The van der Waals surface area contributed by atoms with Crippen molar-refractivity contribution in [3.8, 4) is 0 Å². The van der Waals surface area contributed by atoms with Crippen molar-refractivity contribution in [2.45, 2.75) is 23.8 Å². The second-order valence-corrected chi connectivity index (χ2v) is 7.95. The summed E-state index contributed by atoms with van der Waals surface area (Å²) >= 11 is 5.86. The smallest absolute Gasteiger partial charge is 0.267 e. The molecule has 1 aliphatic heterocycles. The SMILES string of the molecule is O=C(Nc1cccc(Cl)c1)C1CCC(=O)N1S(=O)(=O)c1ccc(F)cc1. The Morgan fingerprint density at radius 2 is 1.88 bits per heavy atom. The van der Waals surface area contributed by atoms with Gasteiger partial charge in [-0.2, -0.15) is 0 Å². The van der Waals surface area contributed by atoms with E-state index in [1.54, 1.807) is 18.2 Å². The van der Waals surface area contributed by atoms with Gasteiger partial charge >= 0.3 is 0 Å². The van der Waals surface area contributed by atoms with Crippen molar-refractivity contribution in [2.24, 2.45) is 0 Å². The maximum Gasteiger partial charge on any atom is 0.267 e. The predicted molar refractivity (Wildman–Crippen MR) is 93.5 cm³/mol. The molecule has 1 N–H and O–H groups in total. The molecule has 2 aromatic rings. The maximum absolute atomic E-state index is 13.1. The first kappa shape index (κ1) is 18.3. The van der Waals surface area contributed by atoms with Crippen molar-refractivity contribution >= 4 is 39.1 Å². The Balaban J connectivity index is 1.88. The van der Waals surface area contributed by atoms with Crippen molar-refractivity contribution in [2.75, 3.05) is 5.32 Å². The van der Waals surface area contributed by atoms with E-state index in [1.807, 2.05) is 0 Å². The number of benzene rings is 2. The Morgan fingerprint density at radius 3 is 2.54 bits per heavy atom. The maximum atomic E-state index is 13.1. The predicted octanol–water partition coefficient (Wildman–Crippen LogP) is 2.80. The second kappa shape index (κ2) is 7.05. The molecule has 2 aromatic carbocycles. The van der Waals surface area contributed by atoms with Gasteiger partial charge in [-0.1, -0.05) is 17.7 Å². The highest BCUT2D eigenvalue weighted by Gasteiger charge is 2.44. The highest BCUT2D eigenvalue weighted by atomic mass is 35.5. The number of carbonyl (C=O) groups excluding carboxylic acids is 2. The topological polar surface area (TPSA) is 83.6 Å². The number of amides is 2. The monoisotopic (exact) mass is 396 g/mol. The number of anilines is 1. The molecule has 136 valence electrons. The van der Waals surface area contributed by atoms with E-state index in [2.05, 4.69) is 5.32 Å². The van der Waals surface area contributed by atoms with Crippen molar-refractivity contribution in [1.29, 1.82) is 0 Å². The van der Waals surface area contributed by atoms with Gasteiger partial charge in [-0.3, -0.25) is 9.59 Å². The molecule has 0 aromatic heterocycles. The molecule has 0 saturated carbocycles. The number of sulfonamides is 1. The van der Waals surface area contributed by atoms with Gasteiger partial charge in [0.05, 0.1) is 4.90 Å². The fraction of sp³-hybridized carbons (Fsp3) is 0.176. The molecule has 2 amide bonds. The number of hydrogen-bond donors (Lipinski definition) is 1. The largest absolute Gasteiger partial charge is 0.324 e. The van der Waals surface area contributed by atoms with Crippen LogP contribution in [-0.2, 0) is 19.6 Å². The summed E-state index contributed by atoms with van der Waals surface area (Å²) < 4.78 is 39.1. The van der Waals surface area contributed by atoms with E-state index in [0.29, 0.717) is 15.0 Å². The van der Waals surface area contributed by atoms with Crippen LogP contribution in [0.25, 0.3) is 0 Å². The lowest BCUT2D eigenvalue weighted by Gasteiger charge is -2.23. The summed E-state index contributed by atoms with van der Waals surface area (Å²) in [7, 11) is -4.27. The van der Waals surface area contributed by atoms with Crippen LogP contribution in [0.2, 0.25) is 5.02 Å². The van der Waals surface area contributed by atoms with Crippen molar-refractivity contribution in [1.82, 2.24) is 4.31 Å². The van der Waals surface area contributed by atoms with Crippen LogP contribution in [0.5, 0.6) is 0 Å². The minimum absolute atomic E-state index is 0.0612. The van der Waals surface area contributed by atoms with Crippen molar-refractivity contribution in [3.63, 3.8) is 0 Å². The van der Waals surface area contributed by atoms with Crippen LogP contribution in [0, 0.1) is 5.82 Å². The van der Waals surface area contributed by atoms with Crippen LogP contribution in [-0.4, -0.2) is 30.6 Å². The van der Waals surface area contributed by atoms with E-state index in [9.17, 15) is 22.4 Å². The molecule has 1 aliphatic rings. The highest BCUT2D eigenvalue weighted by molar-refractivity contribution is 7.89. The van der Waals surface area contributed by atoms with Crippen LogP contribution >= 0.6 is 11.6 Å². The minimum Gasteiger partial charge on any atom is -0.324 e. The van der Waals surface area contributed by atoms with E-state index in [1.165, 1.54) is 6.07 Å². The average molecular weight is 397 g/mol. The number of halogens is 2. The lowest BCUT2D eigenvalue weighted by atomic mass is 10.2. The van der Waals surface area contributed by atoms with E-state index in [4.69, 9.17) is 11.6 Å². The van der Waals surface area contributed by atoms with Gasteiger partial charge in [0.1, 0.15) is 11.9 Å². The fourth-order valence-corrected chi connectivity index (χ4v) is 4.51. The van der Waals surface area contributed by atoms with Gasteiger partial charge in [0.25, 0.3) is 10.0 Å². The summed E-state index contributed by atoms with van der Waals surface area (Å²) in [6.45, 7) is 0. The van der Waals surface area contributed by atoms with Gasteiger partial charge in [-0.05, 0) is 48.9 Å². The summed E-state index contributed by atoms with van der Waals surface area (Å²) in [6, 6.07) is 9.25. The molecule has 26 heavy (non-hydrogen) atoms. The molecule has 6 nitrogen and oxygen atoms in total. The zero-order valence-electron chi connectivity index (χ0n) is 13.4. The number of nitrogens with zero attached hydrogens (tertiary/aromatic N) is 1. The zero-order chi connectivity index (χ0) is 18.9. The number of nitrogens with one attached hydrogen (secondary N) is 1. The molecule has 9 heteroatoms. The summed E-state index contributed by atoms with van der Waals surface area (Å²) in [4.78, 5) is 24.4. The average Bonchev–Trinajstić information content (AvgIpc) is 2.98. The molecule has 0 bridgehead atoms. The molecule has 0 spiro atoms. The van der Waals surface area contributed by atoms with Crippen LogP contribution in [0.1, 0.15) is 12.8 Å². The molecule has 1 heterocycles. The molecular formula is C17H14ClFN2O4S. The minimum atomic E-state index is -4.27. The van der Waals surface area contributed by atoms with Gasteiger partial charge in [0.2, 0.25) is 11.8 Å². The van der Waals surface area contributed by atoms with E-state index < -0.39 is 33.7 Å². The Hall–Kier alpha value is -2.45.